The molecule has 4 heterocycles. The van der Waals surface area contributed by atoms with E-state index in [0.717, 1.165) is 33.5 Å². The summed E-state index contributed by atoms with van der Waals surface area (Å²) in [7, 11) is 3.48. The molecule has 3 aromatic heterocycles. The van der Waals surface area contributed by atoms with Gasteiger partial charge < -0.3 is 25.8 Å². The quantitative estimate of drug-likeness (QED) is 0.157. The maximum absolute atomic E-state index is 13.2. The van der Waals surface area contributed by atoms with Crippen molar-refractivity contribution in [1.29, 1.82) is 0 Å². The van der Waals surface area contributed by atoms with Gasteiger partial charge in [0, 0.05) is 61.0 Å². The van der Waals surface area contributed by atoms with Gasteiger partial charge in [-0.3, -0.25) is 24.1 Å². The Bertz CT molecular complexity index is 1310. The number of hydrogen-bond donors (Lipinski definition) is 4. The molecule has 4 amide bonds. The number of likely N-dealkylation sites (N-methyl/N-ethyl adjacent to an activating group) is 2. The third-order valence-electron chi connectivity index (χ3n) is 5.75. The number of thiazole rings is 1. The van der Waals surface area contributed by atoms with Gasteiger partial charge in [0.05, 0.1) is 5.69 Å². The van der Waals surface area contributed by atoms with E-state index in [4.69, 9.17) is 0 Å². The first-order valence-corrected chi connectivity index (χ1v) is 13.9. The molecule has 0 bridgehead atoms. The van der Waals surface area contributed by atoms with Crippen molar-refractivity contribution in [3.05, 3.63) is 51.9 Å². The molecule has 0 aliphatic carbocycles. The summed E-state index contributed by atoms with van der Waals surface area (Å²) in [5, 5.41) is 7.72. The minimum atomic E-state index is -1.20. The minimum Gasteiger partial charge on any atom is -0.345 e. The number of nitrogens with zero attached hydrogens (tertiary/aromatic N) is 5. The largest absolute Gasteiger partial charge is 0.345 e. The summed E-state index contributed by atoms with van der Waals surface area (Å²) in [6.07, 6.45) is 5.37. The van der Waals surface area contributed by atoms with Crippen molar-refractivity contribution >= 4 is 69.3 Å². The molecule has 0 radical (unpaired) electrons. The lowest BCUT2D eigenvalue weighted by atomic mass is 10.2. The van der Waals surface area contributed by atoms with E-state index >= 15 is 0 Å². The number of pyridine rings is 1. The molecule has 13 nitrogen and oxygen atoms in total. The van der Waals surface area contributed by atoms with E-state index in [1.54, 1.807) is 24.5 Å². The number of hydrogen-bond acceptors (Lipinski definition) is 9. The molecule has 0 saturated carbocycles. The standard InChI is InChI=1S/C23H26IN9O4S/c1-32-8-5-14-16(12-32)38-21(30-14)20(36)29-15(22(37)33(2)23-25-6-7-26-23)11-28-18(34)19(35)31-17-4-3-13(9-24)10-27-17/h3-4,6-7,10,15H,5,8-9,11-12H2,1-2H3,(H,25,26)(H,28,34)(H,29,36)(H,27,31,35). The van der Waals surface area contributed by atoms with E-state index in [2.05, 4.69) is 63.4 Å². The van der Waals surface area contributed by atoms with Gasteiger partial charge in [0.25, 0.3) is 11.8 Å². The fraction of sp³-hybridized carbons (Fsp3) is 0.348. The monoisotopic (exact) mass is 651 g/mol. The number of rotatable bonds is 8. The number of H-pyrrole nitrogens is 1. The Balaban J connectivity index is 1.44. The molecule has 0 aromatic carbocycles. The summed E-state index contributed by atoms with van der Waals surface area (Å²) >= 11 is 3.46. The summed E-state index contributed by atoms with van der Waals surface area (Å²) in [5.74, 6) is -2.55. The van der Waals surface area contributed by atoms with Crippen LogP contribution in [-0.2, 0) is 31.8 Å². The third-order valence-corrected chi connectivity index (χ3v) is 7.71. The molecule has 1 atom stereocenters. The maximum Gasteiger partial charge on any atom is 0.314 e. The molecule has 4 rings (SSSR count). The smallest absolute Gasteiger partial charge is 0.314 e. The predicted octanol–water partition coefficient (Wildman–Crippen LogP) is 0.700. The lowest BCUT2D eigenvalue weighted by Gasteiger charge is -2.23. The topological polar surface area (TPSA) is 165 Å². The van der Waals surface area contributed by atoms with Crippen LogP contribution in [0.1, 0.15) is 25.9 Å². The van der Waals surface area contributed by atoms with Crippen LogP contribution >= 0.6 is 33.9 Å². The zero-order valence-electron chi connectivity index (χ0n) is 20.7. The number of imidazole rings is 1. The van der Waals surface area contributed by atoms with Crippen molar-refractivity contribution < 1.29 is 19.2 Å². The Kier molecular flexibility index (Phi) is 9.01. The maximum atomic E-state index is 13.2. The zero-order valence-corrected chi connectivity index (χ0v) is 23.6. The van der Waals surface area contributed by atoms with Crippen molar-refractivity contribution in [2.24, 2.45) is 0 Å². The molecule has 38 heavy (non-hydrogen) atoms. The van der Waals surface area contributed by atoms with Crippen LogP contribution < -0.4 is 20.9 Å². The minimum absolute atomic E-state index is 0.218. The molecule has 1 aliphatic heterocycles. The molecular formula is C23H26IN9O4S. The number of carbonyl (C=O) groups excluding carboxylic acids is 4. The fourth-order valence-corrected chi connectivity index (χ4v) is 5.19. The van der Waals surface area contributed by atoms with E-state index in [1.165, 1.54) is 29.5 Å². The fourth-order valence-electron chi connectivity index (χ4n) is 3.64. The van der Waals surface area contributed by atoms with E-state index in [-0.39, 0.29) is 23.3 Å². The second-order valence-electron chi connectivity index (χ2n) is 8.56. The van der Waals surface area contributed by atoms with E-state index < -0.39 is 29.7 Å². The highest BCUT2D eigenvalue weighted by molar-refractivity contribution is 14.1. The number of aromatic nitrogens is 4. The lowest BCUT2D eigenvalue weighted by Crippen LogP contribution is -2.54. The number of nitrogens with one attached hydrogen (secondary N) is 4. The number of aromatic amines is 1. The Morgan fingerprint density at radius 3 is 2.74 bits per heavy atom. The van der Waals surface area contributed by atoms with Crippen LogP contribution in [0.4, 0.5) is 11.8 Å². The van der Waals surface area contributed by atoms with Gasteiger partial charge in [0.1, 0.15) is 11.9 Å². The summed E-state index contributed by atoms with van der Waals surface area (Å²) in [4.78, 5) is 71.0. The highest BCUT2D eigenvalue weighted by Crippen LogP contribution is 2.24. The van der Waals surface area contributed by atoms with Crippen LogP contribution in [0, 0.1) is 0 Å². The van der Waals surface area contributed by atoms with E-state index in [0.29, 0.717) is 6.54 Å². The van der Waals surface area contributed by atoms with Gasteiger partial charge in [0.15, 0.2) is 5.01 Å². The Morgan fingerprint density at radius 2 is 2.05 bits per heavy atom. The molecule has 3 aromatic rings. The summed E-state index contributed by atoms with van der Waals surface area (Å²) in [6.45, 7) is 1.21. The van der Waals surface area contributed by atoms with Gasteiger partial charge in [0.2, 0.25) is 5.95 Å². The van der Waals surface area contributed by atoms with Gasteiger partial charge in [-0.25, -0.2) is 15.0 Å². The first-order chi connectivity index (χ1) is 18.2. The first-order valence-electron chi connectivity index (χ1n) is 11.6. The predicted molar refractivity (Wildman–Crippen MR) is 149 cm³/mol. The first kappa shape index (κ1) is 27.6. The highest BCUT2D eigenvalue weighted by Gasteiger charge is 2.30. The van der Waals surface area contributed by atoms with Crippen LogP contribution in [-0.4, -0.2) is 81.7 Å². The van der Waals surface area contributed by atoms with Gasteiger partial charge in [-0.2, -0.15) is 0 Å². The van der Waals surface area contributed by atoms with E-state index in [1.807, 2.05) is 7.05 Å². The number of anilines is 2. The Hall–Kier alpha value is -3.44. The van der Waals surface area contributed by atoms with Crippen molar-refractivity contribution in [3.8, 4) is 0 Å². The van der Waals surface area contributed by atoms with E-state index in [9.17, 15) is 19.2 Å². The number of halogens is 1. The SMILES string of the molecule is CN1CCc2nc(C(=O)NC(CNC(=O)C(=O)Nc3ccc(CI)cn3)C(=O)N(C)c3ncc[nH]3)sc2C1. The average Bonchev–Trinajstić information content (AvgIpc) is 3.60. The lowest BCUT2D eigenvalue weighted by molar-refractivity contribution is -0.136. The highest BCUT2D eigenvalue weighted by atomic mass is 127. The number of amides is 4. The second-order valence-corrected chi connectivity index (χ2v) is 10.4. The van der Waals surface area contributed by atoms with Crippen molar-refractivity contribution in [1.82, 2.24) is 35.5 Å². The number of fused-ring (bicyclic) bond motifs is 1. The number of alkyl halides is 1. The molecule has 15 heteroatoms. The van der Waals surface area contributed by atoms with Crippen LogP contribution in [0.25, 0.3) is 0 Å². The zero-order chi connectivity index (χ0) is 27.2. The molecule has 200 valence electrons. The number of carbonyl (C=O) groups is 4. The van der Waals surface area contributed by atoms with Crippen molar-refractivity contribution in [2.45, 2.75) is 23.4 Å². The summed E-state index contributed by atoms with van der Waals surface area (Å²) < 4.78 is 0.758. The van der Waals surface area contributed by atoms with Crippen LogP contribution in [0.15, 0.2) is 30.7 Å². The van der Waals surface area contributed by atoms with Crippen molar-refractivity contribution in [2.75, 3.05) is 37.4 Å². The van der Waals surface area contributed by atoms with Crippen molar-refractivity contribution in [3.63, 3.8) is 0 Å². The molecule has 0 spiro atoms. The average molecular weight is 651 g/mol. The van der Waals surface area contributed by atoms with Crippen LogP contribution in [0.2, 0.25) is 0 Å². The molecular weight excluding hydrogens is 625 g/mol. The third kappa shape index (κ3) is 6.70. The molecule has 4 N–H and O–H groups in total. The molecule has 0 fully saturated rings. The Morgan fingerprint density at radius 1 is 1.24 bits per heavy atom. The second kappa shape index (κ2) is 12.4. The molecule has 1 unspecified atom stereocenters. The summed E-state index contributed by atoms with van der Waals surface area (Å²) in [6, 6.07) is 2.19. The van der Waals surface area contributed by atoms with Crippen LogP contribution in [0.3, 0.4) is 0 Å². The van der Waals surface area contributed by atoms with Gasteiger partial charge in [-0.1, -0.05) is 28.7 Å². The van der Waals surface area contributed by atoms with Crippen LogP contribution in [0.5, 0.6) is 0 Å². The summed E-state index contributed by atoms with van der Waals surface area (Å²) in [5.41, 5.74) is 1.85. The van der Waals surface area contributed by atoms with Gasteiger partial charge in [-0.15, -0.1) is 11.3 Å². The molecule has 1 aliphatic rings. The Labute approximate surface area is 236 Å². The van der Waals surface area contributed by atoms with Gasteiger partial charge in [-0.05, 0) is 18.7 Å². The van der Waals surface area contributed by atoms with Gasteiger partial charge >= 0.3 is 11.8 Å². The normalized spacial score (nSPS) is 13.8. The molecule has 0 saturated heterocycles.